The van der Waals surface area contributed by atoms with Gasteiger partial charge in [-0.1, -0.05) is 0 Å². The molecular weight excluding hydrogens is 1020 g/mol. The number of hydrogen-bond acceptors (Lipinski definition) is 12. The summed E-state index contributed by atoms with van der Waals surface area (Å²) in [5, 5.41) is 0. The Morgan fingerprint density at radius 1 is 0.412 bits per heavy atom. The van der Waals surface area contributed by atoms with E-state index in [4.69, 9.17) is 42.9 Å². The van der Waals surface area contributed by atoms with Crippen molar-refractivity contribution in [3.8, 4) is 0 Å². The Morgan fingerprint density at radius 2 is 0.412 bits per heavy atom. The summed E-state index contributed by atoms with van der Waals surface area (Å²) >= 11 is -18.5. The molecule has 0 aliphatic rings. The zero-order valence-corrected chi connectivity index (χ0v) is 22.2. The Hall–Kier alpha value is 3.38. The van der Waals surface area contributed by atoms with E-state index in [1.54, 1.807) is 0 Å². The van der Waals surface area contributed by atoms with Gasteiger partial charge in [-0.25, -0.2) is 0 Å². The van der Waals surface area contributed by atoms with Crippen LogP contribution in [0.5, 0.6) is 0 Å². The summed E-state index contributed by atoms with van der Waals surface area (Å²) in [6.07, 6.45) is 0. The molecule has 0 saturated carbocycles. The number of rotatable bonds is 0. The average molecular weight is 1020 g/mol. The fourth-order valence-corrected chi connectivity index (χ4v) is 0. The normalized spacial score (nSPS) is 10.2. The van der Waals surface area contributed by atoms with Crippen LogP contribution in [0.3, 0.4) is 0 Å². The quantitative estimate of drug-likeness (QED) is 0.220. The Kier molecular flexibility index (Phi) is 27.3. The van der Waals surface area contributed by atoms with Crippen molar-refractivity contribution in [2.45, 2.75) is 0 Å². The van der Waals surface area contributed by atoms with E-state index in [9.17, 15) is 0 Å². The zero-order valence-electron chi connectivity index (χ0n) is 7.12. The van der Waals surface area contributed by atoms with Crippen LogP contribution in [0, 0.1) is 83.5 Å². The van der Waals surface area contributed by atoms with Crippen molar-refractivity contribution >= 4 is 0 Å². The molecule has 0 heterocycles. The molecule has 0 spiro atoms. The van der Waals surface area contributed by atoms with Crippen LogP contribution in [0.4, 0.5) is 0 Å². The van der Waals surface area contributed by atoms with Gasteiger partial charge in [0.05, 0.1) is 0 Å². The average Bonchev–Trinajstić information content (AvgIpc) is 1.41. The molecule has 0 aromatic heterocycles. The molecule has 17 heteroatoms. The van der Waals surface area contributed by atoms with E-state index in [-0.39, 0.29) is 83.5 Å². The maximum absolute atomic E-state index is 8.65. The minimum atomic E-state index is -6.17. The fraction of sp³-hybridized carbons (Fsp3) is 0. The van der Waals surface area contributed by atoms with Gasteiger partial charge in [-0.2, -0.15) is 0 Å². The zero-order chi connectivity index (χ0) is 13.5. The number of hydrogen-bond donors (Lipinski definition) is 0. The molecule has 0 aliphatic carbocycles. The van der Waals surface area contributed by atoms with Crippen LogP contribution in [0.2, 0.25) is 0 Å². The molecular formula is Ce2O12W3. The van der Waals surface area contributed by atoms with Gasteiger partial charge in [0.25, 0.3) is 0 Å². The van der Waals surface area contributed by atoms with E-state index in [0.29, 0.717) is 0 Å². The summed E-state index contributed by atoms with van der Waals surface area (Å²) in [5.41, 5.74) is 0. The molecule has 98 valence electrons. The van der Waals surface area contributed by atoms with E-state index >= 15 is 0 Å². The summed E-state index contributed by atoms with van der Waals surface area (Å²) in [7, 11) is 0. The van der Waals surface area contributed by atoms with Crippen LogP contribution in [0.15, 0.2) is 0 Å². The van der Waals surface area contributed by atoms with Crippen LogP contribution in [0.25, 0.3) is 0 Å². The third-order valence-electron chi connectivity index (χ3n) is 0. The molecule has 12 nitrogen and oxygen atoms in total. The van der Waals surface area contributed by atoms with Gasteiger partial charge >= 0.3 is 177 Å². The van der Waals surface area contributed by atoms with Crippen molar-refractivity contribution in [1.29, 1.82) is 0 Å². The summed E-state index contributed by atoms with van der Waals surface area (Å²) in [5.74, 6) is 0. The second-order valence-corrected chi connectivity index (χ2v) is 10.0. The molecule has 0 fully saturated rings. The maximum atomic E-state index is 8.65. The van der Waals surface area contributed by atoms with Crippen molar-refractivity contribution in [2.75, 3.05) is 0 Å². The summed E-state index contributed by atoms with van der Waals surface area (Å²) in [6, 6.07) is 0. The second-order valence-electron chi connectivity index (χ2n) is 1.22. The van der Waals surface area contributed by atoms with Gasteiger partial charge in [0.15, 0.2) is 0 Å². The molecule has 0 atom stereocenters. The summed E-state index contributed by atoms with van der Waals surface area (Å²) in [6.45, 7) is 0. The van der Waals surface area contributed by atoms with E-state index < -0.39 is 50.2 Å². The first kappa shape index (κ1) is 32.4. The Labute approximate surface area is 172 Å². The third kappa shape index (κ3) is 513. The minimum absolute atomic E-state index is 0. The first-order valence-electron chi connectivity index (χ1n) is 2.00. The van der Waals surface area contributed by atoms with Crippen LogP contribution in [-0.2, 0) is 70.6 Å². The van der Waals surface area contributed by atoms with Crippen LogP contribution >= 0.6 is 0 Å². The summed E-state index contributed by atoms with van der Waals surface area (Å²) < 4.78 is 104. The predicted molar refractivity (Wildman–Crippen MR) is 4.12 cm³/mol. The molecule has 0 aromatic rings. The molecule has 0 aromatic carbocycles. The van der Waals surface area contributed by atoms with Crippen molar-refractivity contribution in [1.82, 2.24) is 0 Å². The van der Waals surface area contributed by atoms with Crippen molar-refractivity contribution < 1.29 is 177 Å². The van der Waals surface area contributed by atoms with E-state index in [0.717, 1.165) is 0 Å². The topological polar surface area (TPSA) is 241 Å². The van der Waals surface area contributed by atoms with Gasteiger partial charge in [-0.3, -0.25) is 0 Å². The van der Waals surface area contributed by atoms with E-state index in [1.165, 1.54) is 0 Å². The monoisotopic (exact) mass is 1020 g/mol. The van der Waals surface area contributed by atoms with Gasteiger partial charge in [-0.05, 0) is 0 Å². The first-order chi connectivity index (χ1) is 6.00. The first-order valence-corrected chi connectivity index (χ1v) is 16.4. The molecule has 0 unspecified atom stereocenters. The van der Waals surface area contributed by atoms with Crippen LogP contribution < -0.4 is 22.6 Å². The van der Waals surface area contributed by atoms with Crippen LogP contribution in [-0.4, -0.2) is 0 Å². The summed E-state index contributed by atoms with van der Waals surface area (Å²) in [4.78, 5) is 0. The molecule has 17 heavy (non-hydrogen) atoms. The van der Waals surface area contributed by atoms with Gasteiger partial charge in [0.2, 0.25) is 0 Å². The molecule has 0 aliphatic heterocycles. The van der Waals surface area contributed by atoms with Gasteiger partial charge < -0.3 is 0 Å². The molecule has 0 saturated heterocycles. The fourth-order valence-electron chi connectivity index (χ4n) is 0. The van der Waals surface area contributed by atoms with Crippen molar-refractivity contribution in [3.05, 3.63) is 0 Å². The third-order valence-corrected chi connectivity index (χ3v) is 0. The molecule has 0 amide bonds. The Morgan fingerprint density at radius 3 is 0.412 bits per heavy atom. The predicted octanol–water partition coefficient (Wildman–Crippen LogP) is -7.85. The molecule has 2 radical (unpaired) electrons. The van der Waals surface area contributed by atoms with E-state index in [2.05, 4.69) is 0 Å². The van der Waals surface area contributed by atoms with Gasteiger partial charge in [-0.15, -0.1) is 0 Å². The second kappa shape index (κ2) is 14.3. The molecule has 0 bridgehead atoms. The Balaban J connectivity index is -0.0000000400. The Bertz CT molecular complexity index is 341. The molecule has 0 N–H and O–H groups in total. The van der Waals surface area contributed by atoms with Crippen LogP contribution in [0.1, 0.15) is 0 Å². The standard InChI is InChI=1S/2Ce.12O.3W/q2*+3;;;;;;;6*-1;;;. The van der Waals surface area contributed by atoms with Crippen molar-refractivity contribution in [2.24, 2.45) is 0 Å². The van der Waals surface area contributed by atoms with Gasteiger partial charge in [0.1, 0.15) is 0 Å². The van der Waals surface area contributed by atoms with Gasteiger partial charge in [0, 0.05) is 0 Å². The molecule has 0 rings (SSSR count). The SMILES string of the molecule is [Ce+3].[Ce+3].[O]=[W](=[O])([O-])[O-].[O]=[W](=[O])([O-])[O-].[O]=[W](=[O])([O-])[O-]. The van der Waals surface area contributed by atoms with E-state index in [1.807, 2.05) is 0 Å². The van der Waals surface area contributed by atoms with Crippen molar-refractivity contribution in [3.63, 3.8) is 0 Å².